The lowest BCUT2D eigenvalue weighted by atomic mass is 10.4. The Balaban J connectivity index is 0.000000810. The zero-order chi connectivity index (χ0) is 6.69. The number of hydrogen-bond acceptors (Lipinski definition) is 1. The first-order valence-corrected chi connectivity index (χ1v) is 3.11. The second-order valence-electron chi connectivity index (χ2n) is 2.30. The normalized spacial score (nSPS) is 9.10. The molecule has 1 aromatic heterocycles. The van der Waals surface area contributed by atoms with Crippen LogP contribution in [-0.4, -0.2) is 4.98 Å². The van der Waals surface area contributed by atoms with E-state index < -0.39 is 0 Å². The molecule has 56 valence electrons. The lowest BCUT2D eigenvalue weighted by Crippen LogP contribution is -3.00. The van der Waals surface area contributed by atoms with E-state index in [9.17, 15) is 0 Å². The van der Waals surface area contributed by atoms with Crippen molar-refractivity contribution in [2.24, 2.45) is 0 Å². The maximum Gasteiger partial charge on any atom is 0.286 e. The van der Waals surface area contributed by atoms with Crippen molar-refractivity contribution in [2.45, 2.75) is 19.9 Å². The predicted octanol–water partition coefficient (Wildman–Crippen LogP) is -2.05. The van der Waals surface area contributed by atoms with Gasteiger partial charge in [0.1, 0.15) is 6.20 Å². The van der Waals surface area contributed by atoms with Crippen molar-refractivity contribution < 1.29 is 28.5 Å². The molecule has 0 N–H and O–H groups in total. The van der Waals surface area contributed by atoms with E-state index in [2.05, 4.69) is 23.4 Å². The molecule has 2 nitrogen and oxygen atoms in total. The van der Waals surface area contributed by atoms with Gasteiger partial charge in [0.15, 0.2) is 0 Å². The highest BCUT2D eigenvalue weighted by molar-refractivity contribution is 4.69. The minimum absolute atomic E-state index is 0. The third kappa shape index (κ3) is 2.60. The maximum atomic E-state index is 3.97. The highest BCUT2D eigenvalue weighted by Gasteiger charge is 1.98. The lowest BCUT2D eigenvalue weighted by Gasteiger charge is -1.98. The fourth-order valence-electron chi connectivity index (χ4n) is 0.647. The summed E-state index contributed by atoms with van der Waals surface area (Å²) in [4.78, 5) is 3.97. The van der Waals surface area contributed by atoms with E-state index in [0.29, 0.717) is 6.04 Å². The van der Waals surface area contributed by atoms with Gasteiger partial charge < -0.3 is 24.0 Å². The molecular formula is C7H11IN2. The van der Waals surface area contributed by atoms with Gasteiger partial charge >= 0.3 is 0 Å². The molecule has 0 radical (unpaired) electrons. The minimum Gasteiger partial charge on any atom is -1.00 e. The molecule has 0 aliphatic carbocycles. The van der Waals surface area contributed by atoms with E-state index in [-0.39, 0.29) is 24.0 Å². The van der Waals surface area contributed by atoms with E-state index in [0.717, 1.165) is 0 Å². The van der Waals surface area contributed by atoms with Gasteiger partial charge in [0.25, 0.3) is 6.33 Å². The summed E-state index contributed by atoms with van der Waals surface area (Å²) in [5.41, 5.74) is 0. The van der Waals surface area contributed by atoms with Gasteiger partial charge in [0.2, 0.25) is 0 Å². The Labute approximate surface area is 78.3 Å². The monoisotopic (exact) mass is 250 g/mol. The lowest BCUT2D eigenvalue weighted by molar-refractivity contribution is -0.719. The number of aromatic nitrogens is 2. The fourth-order valence-corrected chi connectivity index (χ4v) is 0.647. The quantitative estimate of drug-likeness (QED) is 0.414. The van der Waals surface area contributed by atoms with Gasteiger partial charge in [0, 0.05) is 6.07 Å². The molecular weight excluding hydrogens is 239 g/mol. The Hall–Kier alpha value is -0.190. The van der Waals surface area contributed by atoms with Crippen LogP contribution in [0.3, 0.4) is 0 Å². The first kappa shape index (κ1) is 9.81. The first-order chi connectivity index (χ1) is 4.30. The van der Waals surface area contributed by atoms with Crippen molar-refractivity contribution in [1.82, 2.24) is 4.98 Å². The minimum atomic E-state index is 0. The standard InChI is InChI=1S/C7H11N2.HI/c1-7(2)9-5-3-4-8-6-9;/h3-7H,1-2H3;1H/q+1;/p-1. The zero-order valence-electron chi connectivity index (χ0n) is 6.16. The molecule has 10 heavy (non-hydrogen) atoms. The molecule has 0 fully saturated rings. The summed E-state index contributed by atoms with van der Waals surface area (Å²) >= 11 is 0. The van der Waals surface area contributed by atoms with Gasteiger partial charge in [-0.05, 0) is 13.8 Å². The molecule has 0 spiro atoms. The first-order valence-electron chi connectivity index (χ1n) is 3.11. The van der Waals surface area contributed by atoms with Crippen LogP contribution in [0.25, 0.3) is 0 Å². The average molecular weight is 250 g/mol. The molecule has 1 rings (SSSR count). The van der Waals surface area contributed by atoms with Gasteiger partial charge in [-0.15, -0.1) is 0 Å². The van der Waals surface area contributed by atoms with Crippen LogP contribution >= 0.6 is 0 Å². The van der Waals surface area contributed by atoms with Crippen LogP contribution in [0, 0.1) is 0 Å². The predicted molar refractivity (Wildman–Crippen MR) is 34.8 cm³/mol. The topological polar surface area (TPSA) is 16.8 Å². The Kier molecular flexibility index (Phi) is 4.51. The van der Waals surface area contributed by atoms with Crippen LogP contribution in [0.5, 0.6) is 0 Å². The van der Waals surface area contributed by atoms with E-state index >= 15 is 0 Å². The molecule has 0 amide bonds. The van der Waals surface area contributed by atoms with Crippen molar-refractivity contribution in [2.75, 3.05) is 0 Å². The summed E-state index contributed by atoms with van der Waals surface area (Å²) in [5.74, 6) is 0. The van der Waals surface area contributed by atoms with Crippen molar-refractivity contribution in [1.29, 1.82) is 0 Å². The van der Waals surface area contributed by atoms with E-state index in [1.165, 1.54) is 0 Å². The third-order valence-electron chi connectivity index (χ3n) is 1.23. The average Bonchev–Trinajstić information content (AvgIpc) is 1.90. The zero-order valence-corrected chi connectivity index (χ0v) is 8.32. The highest BCUT2D eigenvalue weighted by atomic mass is 127. The Bertz CT molecular complexity index is 174. The number of halogens is 1. The second-order valence-corrected chi connectivity index (χ2v) is 2.30. The van der Waals surface area contributed by atoms with Crippen LogP contribution in [-0.2, 0) is 0 Å². The molecule has 0 unspecified atom stereocenters. The van der Waals surface area contributed by atoms with E-state index in [1.807, 2.05) is 18.6 Å². The summed E-state index contributed by atoms with van der Waals surface area (Å²) in [6.07, 6.45) is 5.61. The van der Waals surface area contributed by atoms with Crippen LogP contribution in [0.4, 0.5) is 0 Å². The van der Waals surface area contributed by atoms with Gasteiger partial charge in [-0.25, -0.2) is 4.57 Å². The largest absolute Gasteiger partial charge is 1.00 e. The molecule has 3 heteroatoms. The SMILES string of the molecule is CC(C)[n+]1cccnc1.[I-]. The summed E-state index contributed by atoms with van der Waals surface area (Å²) in [6, 6.07) is 2.44. The maximum absolute atomic E-state index is 3.97. The van der Waals surface area contributed by atoms with Gasteiger partial charge in [0.05, 0.1) is 12.2 Å². The van der Waals surface area contributed by atoms with Gasteiger partial charge in [-0.2, -0.15) is 0 Å². The number of nitrogens with zero attached hydrogens (tertiary/aromatic N) is 2. The second kappa shape index (κ2) is 4.60. The molecule has 1 aromatic rings. The van der Waals surface area contributed by atoms with Crippen LogP contribution in [0.15, 0.2) is 24.8 Å². The molecule has 0 bridgehead atoms. The van der Waals surface area contributed by atoms with E-state index in [4.69, 9.17) is 0 Å². The molecule has 0 saturated carbocycles. The number of hydrogen-bond donors (Lipinski definition) is 0. The van der Waals surface area contributed by atoms with Crippen LogP contribution in [0.2, 0.25) is 0 Å². The van der Waals surface area contributed by atoms with Crippen molar-refractivity contribution in [3.8, 4) is 0 Å². The smallest absolute Gasteiger partial charge is 0.286 e. The Morgan fingerprint density at radius 2 is 2.10 bits per heavy atom. The molecule has 0 saturated heterocycles. The highest BCUT2D eigenvalue weighted by Crippen LogP contribution is 1.86. The molecule has 0 aliphatic heterocycles. The molecule has 0 aromatic carbocycles. The van der Waals surface area contributed by atoms with Crippen molar-refractivity contribution in [3.63, 3.8) is 0 Å². The van der Waals surface area contributed by atoms with Crippen LogP contribution in [0.1, 0.15) is 19.9 Å². The fraction of sp³-hybridized carbons (Fsp3) is 0.429. The summed E-state index contributed by atoms with van der Waals surface area (Å²) < 4.78 is 2.06. The summed E-state index contributed by atoms with van der Waals surface area (Å²) in [5, 5.41) is 0. The van der Waals surface area contributed by atoms with Crippen LogP contribution < -0.4 is 28.5 Å². The van der Waals surface area contributed by atoms with Gasteiger partial charge in [-0.3, -0.25) is 0 Å². The molecule has 1 heterocycles. The molecule has 0 aliphatic rings. The van der Waals surface area contributed by atoms with E-state index in [1.54, 1.807) is 6.20 Å². The summed E-state index contributed by atoms with van der Waals surface area (Å²) in [6.45, 7) is 4.25. The van der Waals surface area contributed by atoms with Crippen molar-refractivity contribution >= 4 is 0 Å². The summed E-state index contributed by atoms with van der Waals surface area (Å²) in [7, 11) is 0. The Morgan fingerprint density at radius 1 is 1.40 bits per heavy atom. The Morgan fingerprint density at radius 3 is 2.40 bits per heavy atom. The van der Waals surface area contributed by atoms with Crippen molar-refractivity contribution in [3.05, 3.63) is 24.8 Å². The van der Waals surface area contributed by atoms with Gasteiger partial charge in [-0.1, -0.05) is 4.98 Å². The third-order valence-corrected chi connectivity index (χ3v) is 1.23. The molecule has 0 atom stereocenters. The number of rotatable bonds is 1.